The summed E-state index contributed by atoms with van der Waals surface area (Å²) in [7, 11) is 0. The van der Waals surface area contributed by atoms with Gasteiger partial charge in [-0.3, -0.25) is 0 Å². The Morgan fingerprint density at radius 1 is 0.462 bits per heavy atom. The number of thiophene rings is 1. The Morgan fingerprint density at radius 3 is 2.02 bits per heavy atom. The van der Waals surface area contributed by atoms with Gasteiger partial charge in [-0.05, 0) is 88.3 Å². The molecule has 0 saturated carbocycles. The van der Waals surface area contributed by atoms with Gasteiger partial charge in [0.2, 0.25) is 0 Å². The number of nitrogens with zero attached hydrogens (tertiary/aromatic N) is 2. The highest BCUT2D eigenvalue weighted by molar-refractivity contribution is 7.26. The fourth-order valence-electron chi connectivity index (χ4n) is 9.07. The van der Waals surface area contributed by atoms with Crippen LogP contribution in [0.15, 0.2) is 170 Å². The van der Waals surface area contributed by atoms with Gasteiger partial charge in [-0.2, -0.15) is 0 Å². The van der Waals surface area contributed by atoms with Crippen molar-refractivity contribution in [1.82, 2.24) is 4.40 Å². The molecular weight excluding hydrogens is 649 g/mol. The summed E-state index contributed by atoms with van der Waals surface area (Å²) >= 11 is 1.89. The Kier molecular flexibility index (Phi) is 5.74. The van der Waals surface area contributed by atoms with E-state index >= 15 is 0 Å². The first-order chi connectivity index (χ1) is 25.8. The van der Waals surface area contributed by atoms with Crippen molar-refractivity contribution in [2.75, 3.05) is 4.90 Å². The summed E-state index contributed by atoms with van der Waals surface area (Å²) in [6.45, 7) is 0. The molecule has 0 spiro atoms. The minimum atomic E-state index is 0.981. The molecule has 0 amide bonds. The van der Waals surface area contributed by atoms with Crippen LogP contribution in [-0.2, 0) is 6.42 Å². The highest BCUT2D eigenvalue weighted by Gasteiger charge is 2.26. The summed E-state index contributed by atoms with van der Waals surface area (Å²) in [5.41, 5.74) is 15.2. The van der Waals surface area contributed by atoms with Gasteiger partial charge < -0.3 is 9.30 Å². The quantitative estimate of drug-likeness (QED) is 0.180. The molecule has 0 bridgehead atoms. The molecule has 8 aromatic carbocycles. The van der Waals surface area contributed by atoms with E-state index < -0.39 is 0 Å². The van der Waals surface area contributed by atoms with Crippen LogP contribution in [0.3, 0.4) is 0 Å². The summed E-state index contributed by atoms with van der Waals surface area (Å²) in [5, 5.41) is 7.79. The van der Waals surface area contributed by atoms with E-state index in [2.05, 4.69) is 179 Å². The van der Waals surface area contributed by atoms with Crippen molar-refractivity contribution >= 4 is 86.7 Å². The third-order valence-electron chi connectivity index (χ3n) is 11.4. The van der Waals surface area contributed by atoms with E-state index in [1.807, 2.05) is 11.3 Å². The number of para-hydroxylation sites is 2. The van der Waals surface area contributed by atoms with Crippen molar-refractivity contribution in [2.24, 2.45) is 0 Å². The Morgan fingerprint density at radius 2 is 1.13 bits per heavy atom. The lowest BCUT2D eigenvalue weighted by molar-refractivity contribution is 1.25. The molecule has 0 saturated heterocycles. The molecule has 1 aliphatic rings. The molecule has 3 heterocycles. The lowest BCUT2D eigenvalue weighted by atomic mass is 10.0. The van der Waals surface area contributed by atoms with E-state index in [0.717, 1.165) is 17.8 Å². The van der Waals surface area contributed by atoms with Crippen molar-refractivity contribution in [2.45, 2.75) is 6.42 Å². The standard InChI is InChI=1S/C49H30N2S/c1-2-11-35-31(10-1)28-32-22-25-34(29-42(32)35)50(33-23-20-30(21-24-33)36-15-9-16-40-38-13-5-8-19-46(38)52-49(36)40)45-27-26-39-37-12-3-6-17-43(37)51-44-18-7-4-14-41(44)47(45)48(39)51/h1-27,29H,28H2. The summed E-state index contributed by atoms with van der Waals surface area (Å²) in [6, 6.07) is 63.1. The number of fused-ring (bicyclic) bond motifs is 12. The first kappa shape index (κ1) is 28.3. The third-order valence-corrected chi connectivity index (χ3v) is 12.6. The van der Waals surface area contributed by atoms with Crippen LogP contribution >= 0.6 is 11.3 Å². The van der Waals surface area contributed by atoms with Crippen molar-refractivity contribution in [3.05, 3.63) is 181 Å². The van der Waals surface area contributed by atoms with Gasteiger partial charge in [-0.1, -0.05) is 121 Å². The molecule has 12 rings (SSSR count). The van der Waals surface area contributed by atoms with Gasteiger partial charge in [0, 0.05) is 53.1 Å². The maximum atomic E-state index is 2.49. The molecule has 0 N–H and O–H groups in total. The van der Waals surface area contributed by atoms with Gasteiger partial charge in [-0.25, -0.2) is 0 Å². The molecule has 0 unspecified atom stereocenters. The molecule has 3 heteroatoms. The number of hydrogen-bond donors (Lipinski definition) is 0. The molecule has 242 valence electrons. The summed E-state index contributed by atoms with van der Waals surface area (Å²) in [6.07, 6.45) is 0.981. The SMILES string of the molecule is c1ccc2c(c1)Cc1ccc(N(c3ccc(-c4cccc5c4sc4ccccc45)cc3)c3ccc4c5ccccc5n5c6ccccc6c3c45)cc1-2. The van der Waals surface area contributed by atoms with Gasteiger partial charge in [0.05, 0.1) is 22.2 Å². The molecule has 0 fully saturated rings. The van der Waals surface area contributed by atoms with Gasteiger partial charge >= 0.3 is 0 Å². The number of benzene rings is 8. The Hall–Kier alpha value is -6.42. The maximum Gasteiger partial charge on any atom is 0.0641 e. The molecular formula is C49H30N2S. The van der Waals surface area contributed by atoms with Gasteiger partial charge in [0.15, 0.2) is 0 Å². The molecule has 0 radical (unpaired) electrons. The van der Waals surface area contributed by atoms with Crippen molar-refractivity contribution in [1.29, 1.82) is 0 Å². The van der Waals surface area contributed by atoms with Crippen LogP contribution in [0, 0.1) is 0 Å². The van der Waals surface area contributed by atoms with E-state index in [0.29, 0.717) is 0 Å². The maximum absolute atomic E-state index is 2.49. The zero-order valence-electron chi connectivity index (χ0n) is 28.2. The number of aromatic nitrogens is 1. The number of rotatable bonds is 4. The van der Waals surface area contributed by atoms with Crippen molar-refractivity contribution in [3.63, 3.8) is 0 Å². The van der Waals surface area contributed by atoms with Crippen LogP contribution < -0.4 is 4.90 Å². The average molecular weight is 679 g/mol. The summed E-state index contributed by atoms with van der Waals surface area (Å²) < 4.78 is 5.15. The van der Waals surface area contributed by atoms with E-state index in [1.54, 1.807) is 0 Å². The largest absolute Gasteiger partial charge is 0.310 e. The molecule has 3 aromatic heterocycles. The topological polar surface area (TPSA) is 7.65 Å². The first-order valence-corrected chi connectivity index (χ1v) is 18.8. The molecule has 0 atom stereocenters. The van der Waals surface area contributed by atoms with Crippen LogP contribution in [0.25, 0.3) is 80.5 Å². The predicted molar refractivity (Wildman–Crippen MR) is 222 cm³/mol. The van der Waals surface area contributed by atoms with Crippen LogP contribution in [-0.4, -0.2) is 4.40 Å². The lowest BCUT2D eigenvalue weighted by Gasteiger charge is -2.27. The van der Waals surface area contributed by atoms with Crippen molar-refractivity contribution < 1.29 is 0 Å². The first-order valence-electron chi connectivity index (χ1n) is 18.0. The van der Waals surface area contributed by atoms with Gasteiger partial charge in [0.1, 0.15) is 0 Å². The van der Waals surface area contributed by atoms with E-state index in [9.17, 15) is 0 Å². The summed E-state index contributed by atoms with van der Waals surface area (Å²) in [5.74, 6) is 0. The number of anilines is 3. The Balaban J connectivity index is 1.11. The number of hydrogen-bond acceptors (Lipinski definition) is 2. The zero-order valence-corrected chi connectivity index (χ0v) is 29.0. The second-order valence-electron chi connectivity index (χ2n) is 14.1. The van der Waals surface area contributed by atoms with Gasteiger partial charge in [-0.15, -0.1) is 11.3 Å². The summed E-state index contributed by atoms with van der Waals surface area (Å²) in [4.78, 5) is 2.49. The Labute approximate surface area is 304 Å². The minimum absolute atomic E-state index is 0.981. The van der Waals surface area contributed by atoms with Crippen LogP contribution in [0.4, 0.5) is 17.1 Å². The minimum Gasteiger partial charge on any atom is -0.310 e. The molecule has 52 heavy (non-hydrogen) atoms. The second kappa shape index (κ2) is 10.6. The lowest BCUT2D eigenvalue weighted by Crippen LogP contribution is -2.10. The third kappa shape index (κ3) is 3.83. The molecule has 2 nitrogen and oxygen atoms in total. The second-order valence-corrected chi connectivity index (χ2v) is 15.1. The normalized spacial score (nSPS) is 12.5. The van der Waals surface area contributed by atoms with Gasteiger partial charge in [0.25, 0.3) is 0 Å². The van der Waals surface area contributed by atoms with E-state index in [4.69, 9.17) is 0 Å². The van der Waals surface area contributed by atoms with E-state index in [1.165, 1.54) is 97.3 Å². The predicted octanol–water partition coefficient (Wildman–Crippen LogP) is 13.9. The average Bonchev–Trinajstić information content (AvgIpc) is 3.95. The fraction of sp³-hybridized carbons (Fsp3) is 0.0204. The molecule has 11 aromatic rings. The highest BCUT2D eigenvalue weighted by Crippen LogP contribution is 2.49. The highest BCUT2D eigenvalue weighted by atomic mass is 32.1. The smallest absolute Gasteiger partial charge is 0.0641 e. The Bertz CT molecular complexity index is 3220. The zero-order chi connectivity index (χ0) is 33.9. The van der Waals surface area contributed by atoms with Crippen LogP contribution in [0.5, 0.6) is 0 Å². The van der Waals surface area contributed by atoms with Crippen LogP contribution in [0.1, 0.15) is 11.1 Å². The molecule has 0 aliphatic heterocycles. The molecule has 1 aliphatic carbocycles. The monoisotopic (exact) mass is 678 g/mol. The van der Waals surface area contributed by atoms with Crippen molar-refractivity contribution in [3.8, 4) is 22.3 Å². The fourth-order valence-corrected chi connectivity index (χ4v) is 10.3. The van der Waals surface area contributed by atoms with E-state index in [-0.39, 0.29) is 0 Å². The van der Waals surface area contributed by atoms with Crippen LogP contribution in [0.2, 0.25) is 0 Å².